The third-order valence-electron chi connectivity index (χ3n) is 5.80. The molecular weight excluding hydrogens is 412 g/mol. The molecule has 31 heavy (non-hydrogen) atoms. The SMILES string of the molecule is O=C1Cc2ccc(C(=O)N3CCN(c4ccc(-c5ccc(Cl)cc5)cn4)CC3)cc2N1. The van der Waals surface area contributed by atoms with Crippen LogP contribution in [0.3, 0.4) is 0 Å². The Hall–Kier alpha value is -3.38. The molecule has 0 aliphatic carbocycles. The van der Waals surface area contributed by atoms with Crippen LogP contribution in [0.5, 0.6) is 0 Å². The van der Waals surface area contributed by atoms with Gasteiger partial charge in [-0.15, -0.1) is 0 Å². The first-order chi connectivity index (χ1) is 15.1. The van der Waals surface area contributed by atoms with Crippen LogP contribution < -0.4 is 10.2 Å². The highest BCUT2D eigenvalue weighted by Gasteiger charge is 2.25. The maximum Gasteiger partial charge on any atom is 0.254 e. The van der Waals surface area contributed by atoms with Crippen molar-refractivity contribution in [3.8, 4) is 11.1 Å². The zero-order valence-electron chi connectivity index (χ0n) is 16.8. The molecule has 2 aliphatic rings. The molecule has 1 fully saturated rings. The lowest BCUT2D eigenvalue weighted by Gasteiger charge is -2.35. The summed E-state index contributed by atoms with van der Waals surface area (Å²) >= 11 is 5.96. The topological polar surface area (TPSA) is 65.5 Å². The van der Waals surface area contributed by atoms with E-state index < -0.39 is 0 Å². The van der Waals surface area contributed by atoms with Gasteiger partial charge in [0.15, 0.2) is 0 Å². The number of carbonyl (C=O) groups is 2. The molecular formula is C24H21ClN4O2. The van der Waals surface area contributed by atoms with Crippen molar-refractivity contribution >= 4 is 34.9 Å². The molecule has 3 heterocycles. The highest BCUT2D eigenvalue weighted by atomic mass is 35.5. The second-order valence-corrected chi connectivity index (χ2v) is 8.22. The predicted molar refractivity (Wildman–Crippen MR) is 122 cm³/mol. The van der Waals surface area contributed by atoms with Crippen LogP contribution in [-0.2, 0) is 11.2 Å². The summed E-state index contributed by atoms with van der Waals surface area (Å²) in [5.74, 6) is 0.877. The third kappa shape index (κ3) is 3.99. The van der Waals surface area contributed by atoms with Gasteiger partial charge in [-0.05, 0) is 47.5 Å². The van der Waals surface area contributed by atoms with Gasteiger partial charge in [-0.3, -0.25) is 9.59 Å². The summed E-state index contributed by atoms with van der Waals surface area (Å²) in [6.07, 6.45) is 2.25. The number of hydrogen-bond acceptors (Lipinski definition) is 4. The third-order valence-corrected chi connectivity index (χ3v) is 6.05. The minimum Gasteiger partial charge on any atom is -0.353 e. The fraction of sp³-hybridized carbons (Fsp3) is 0.208. The molecule has 6 nitrogen and oxygen atoms in total. The molecule has 1 aromatic heterocycles. The molecule has 2 amide bonds. The van der Waals surface area contributed by atoms with Gasteiger partial charge >= 0.3 is 0 Å². The Morgan fingerprint density at radius 3 is 2.39 bits per heavy atom. The number of anilines is 2. The molecule has 0 radical (unpaired) electrons. The molecule has 7 heteroatoms. The summed E-state index contributed by atoms with van der Waals surface area (Å²) < 4.78 is 0. The molecule has 0 bridgehead atoms. The van der Waals surface area contributed by atoms with Gasteiger partial charge in [0.2, 0.25) is 5.91 Å². The van der Waals surface area contributed by atoms with Crippen molar-refractivity contribution in [3.63, 3.8) is 0 Å². The Balaban J connectivity index is 1.22. The van der Waals surface area contributed by atoms with Crippen LogP contribution in [0, 0.1) is 0 Å². The highest BCUT2D eigenvalue weighted by molar-refractivity contribution is 6.30. The van der Waals surface area contributed by atoms with E-state index in [2.05, 4.69) is 21.3 Å². The second-order valence-electron chi connectivity index (χ2n) is 7.79. The number of fused-ring (bicyclic) bond motifs is 1. The van der Waals surface area contributed by atoms with E-state index in [1.165, 1.54) is 0 Å². The number of halogens is 1. The lowest BCUT2D eigenvalue weighted by atomic mass is 10.1. The van der Waals surface area contributed by atoms with Crippen LogP contribution in [0.2, 0.25) is 5.02 Å². The van der Waals surface area contributed by atoms with Crippen molar-refractivity contribution in [1.82, 2.24) is 9.88 Å². The number of amides is 2. The molecule has 0 spiro atoms. The minimum absolute atomic E-state index is 0.00496. The Morgan fingerprint density at radius 2 is 1.68 bits per heavy atom. The van der Waals surface area contributed by atoms with E-state index in [-0.39, 0.29) is 11.8 Å². The highest BCUT2D eigenvalue weighted by Crippen LogP contribution is 2.26. The lowest BCUT2D eigenvalue weighted by Crippen LogP contribution is -2.49. The number of hydrogen-bond donors (Lipinski definition) is 1. The van der Waals surface area contributed by atoms with E-state index in [1.807, 2.05) is 53.6 Å². The van der Waals surface area contributed by atoms with Crippen molar-refractivity contribution in [1.29, 1.82) is 0 Å². The first-order valence-electron chi connectivity index (χ1n) is 10.3. The molecule has 0 saturated carbocycles. The first-order valence-corrected chi connectivity index (χ1v) is 10.6. The normalized spacial score (nSPS) is 15.6. The van der Waals surface area contributed by atoms with Crippen LogP contribution >= 0.6 is 11.6 Å². The van der Waals surface area contributed by atoms with Gasteiger partial charge in [0.25, 0.3) is 5.91 Å². The number of pyridine rings is 1. The van der Waals surface area contributed by atoms with Gasteiger partial charge in [-0.25, -0.2) is 4.98 Å². The van der Waals surface area contributed by atoms with Crippen LogP contribution in [-0.4, -0.2) is 47.9 Å². The number of carbonyl (C=O) groups excluding carboxylic acids is 2. The van der Waals surface area contributed by atoms with Gasteiger partial charge < -0.3 is 15.1 Å². The maximum atomic E-state index is 12.9. The van der Waals surface area contributed by atoms with E-state index in [0.29, 0.717) is 30.1 Å². The largest absolute Gasteiger partial charge is 0.353 e. The van der Waals surface area contributed by atoms with Crippen LogP contribution in [0.25, 0.3) is 11.1 Å². The van der Waals surface area contributed by atoms with Crippen LogP contribution in [0.4, 0.5) is 11.5 Å². The molecule has 0 unspecified atom stereocenters. The molecule has 3 aromatic rings. The smallest absolute Gasteiger partial charge is 0.254 e. The lowest BCUT2D eigenvalue weighted by molar-refractivity contribution is -0.115. The Bertz CT molecular complexity index is 1140. The van der Waals surface area contributed by atoms with Gasteiger partial charge in [-0.2, -0.15) is 0 Å². The molecule has 5 rings (SSSR count). The van der Waals surface area contributed by atoms with E-state index >= 15 is 0 Å². The molecule has 2 aliphatic heterocycles. The quantitative estimate of drug-likeness (QED) is 0.682. The van der Waals surface area contributed by atoms with Gasteiger partial charge in [0.1, 0.15) is 5.82 Å². The van der Waals surface area contributed by atoms with E-state index in [9.17, 15) is 9.59 Å². The van der Waals surface area contributed by atoms with Crippen molar-refractivity contribution < 1.29 is 9.59 Å². The maximum absolute atomic E-state index is 12.9. The average molecular weight is 433 g/mol. The number of piperazine rings is 1. The zero-order chi connectivity index (χ0) is 21.4. The monoisotopic (exact) mass is 432 g/mol. The van der Waals surface area contributed by atoms with Crippen molar-refractivity contribution in [2.75, 3.05) is 36.4 Å². The fourth-order valence-corrected chi connectivity index (χ4v) is 4.18. The minimum atomic E-state index is -0.0252. The van der Waals surface area contributed by atoms with Gasteiger partial charge in [-0.1, -0.05) is 29.8 Å². The van der Waals surface area contributed by atoms with E-state index in [4.69, 9.17) is 11.6 Å². The predicted octanol–water partition coefficient (Wildman–Crippen LogP) is 3.86. The number of nitrogens with one attached hydrogen (secondary N) is 1. The molecule has 2 aromatic carbocycles. The summed E-state index contributed by atoms with van der Waals surface area (Å²) in [5, 5.41) is 3.52. The number of benzene rings is 2. The van der Waals surface area contributed by atoms with Gasteiger partial charge in [0.05, 0.1) is 6.42 Å². The summed E-state index contributed by atoms with van der Waals surface area (Å²) in [6, 6.07) is 17.2. The molecule has 156 valence electrons. The Morgan fingerprint density at radius 1 is 0.935 bits per heavy atom. The molecule has 1 N–H and O–H groups in total. The van der Waals surface area contributed by atoms with E-state index in [1.54, 1.807) is 6.07 Å². The Kier molecular flexibility index (Phi) is 5.08. The number of aromatic nitrogens is 1. The summed E-state index contributed by atoms with van der Waals surface area (Å²) in [5.41, 5.74) is 4.42. The van der Waals surface area contributed by atoms with Crippen LogP contribution in [0.15, 0.2) is 60.8 Å². The Labute approximate surface area is 185 Å². The number of nitrogens with zero attached hydrogens (tertiary/aromatic N) is 3. The van der Waals surface area contributed by atoms with Crippen LogP contribution in [0.1, 0.15) is 15.9 Å². The van der Waals surface area contributed by atoms with Crippen molar-refractivity contribution in [3.05, 3.63) is 76.9 Å². The average Bonchev–Trinajstić information content (AvgIpc) is 3.18. The first kappa shape index (κ1) is 19.6. The van der Waals surface area contributed by atoms with Crippen molar-refractivity contribution in [2.45, 2.75) is 6.42 Å². The summed E-state index contributed by atoms with van der Waals surface area (Å²) in [6.45, 7) is 2.70. The number of rotatable bonds is 3. The standard InChI is InChI=1S/C24H21ClN4O2/c25-20-6-3-16(4-7-20)19-5-8-22(26-15-19)28-9-11-29(12-10-28)24(31)18-2-1-17-14-23(30)27-21(17)13-18/h1-8,13,15H,9-12,14H2,(H,27,30). The van der Waals surface area contributed by atoms with Crippen molar-refractivity contribution in [2.24, 2.45) is 0 Å². The summed E-state index contributed by atoms with van der Waals surface area (Å²) in [4.78, 5) is 33.1. The molecule has 1 saturated heterocycles. The second kappa shape index (κ2) is 8.04. The fourth-order valence-electron chi connectivity index (χ4n) is 4.05. The molecule has 0 atom stereocenters. The van der Waals surface area contributed by atoms with Gasteiger partial charge in [0, 0.05) is 54.2 Å². The summed E-state index contributed by atoms with van der Waals surface area (Å²) in [7, 11) is 0. The zero-order valence-corrected chi connectivity index (χ0v) is 17.6. The van der Waals surface area contributed by atoms with E-state index in [0.717, 1.165) is 41.3 Å².